The van der Waals surface area contributed by atoms with E-state index in [9.17, 15) is 18.4 Å². The molecule has 1 atom stereocenters. The van der Waals surface area contributed by atoms with Crippen LogP contribution in [0.25, 0.3) is 10.8 Å². The van der Waals surface area contributed by atoms with Crippen molar-refractivity contribution in [1.29, 1.82) is 0 Å². The van der Waals surface area contributed by atoms with E-state index in [1.54, 1.807) is 0 Å². The molecule has 3 aromatic carbocycles. The van der Waals surface area contributed by atoms with Crippen LogP contribution in [-0.4, -0.2) is 25.0 Å². The van der Waals surface area contributed by atoms with Gasteiger partial charge in [0.1, 0.15) is 17.7 Å². The maximum atomic E-state index is 13.8. The molecule has 144 valence electrons. The van der Waals surface area contributed by atoms with Crippen LogP contribution in [0.1, 0.15) is 11.1 Å². The van der Waals surface area contributed by atoms with Crippen LogP contribution in [0.2, 0.25) is 0 Å². The van der Waals surface area contributed by atoms with Crippen LogP contribution < -0.4 is 5.32 Å². The molecule has 0 fully saturated rings. The Hall–Kier alpha value is -3.28. The molecule has 0 aromatic heterocycles. The van der Waals surface area contributed by atoms with Gasteiger partial charge in [0, 0.05) is 12.5 Å². The van der Waals surface area contributed by atoms with E-state index in [1.807, 2.05) is 42.5 Å². The number of hydrogen-bond acceptors (Lipinski definition) is 3. The predicted octanol–water partition coefficient (Wildman–Crippen LogP) is 3.56. The number of nitrogens with one attached hydrogen (secondary N) is 1. The van der Waals surface area contributed by atoms with Gasteiger partial charge in [0.15, 0.2) is 0 Å². The monoisotopic (exact) mass is 383 g/mol. The molecule has 0 bridgehead atoms. The van der Waals surface area contributed by atoms with Gasteiger partial charge in [-0.1, -0.05) is 48.5 Å². The van der Waals surface area contributed by atoms with Crippen molar-refractivity contribution < 1.29 is 23.1 Å². The summed E-state index contributed by atoms with van der Waals surface area (Å²) in [6, 6.07) is 15.5. The molecule has 1 N–H and O–H groups in total. The third kappa shape index (κ3) is 4.52. The van der Waals surface area contributed by atoms with Gasteiger partial charge < -0.3 is 10.1 Å². The first-order valence-corrected chi connectivity index (χ1v) is 8.75. The first kappa shape index (κ1) is 19.5. The Kier molecular flexibility index (Phi) is 5.99. The number of rotatable bonds is 6. The number of hydrogen-bond donors (Lipinski definition) is 1. The van der Waals surface area contributed by atoms with Gasteiger partial charge in [-0.05, 0) is 28.0 Å². The predicted molar refractivity (Wildman–Crippen MR) is 102 cm³/mol. The number of amides is 1. The molecule has 6 heteroatoms. The maximum Gasteiger partial charge on any atom is 0.328 e. The summed E-state index contributed by atoms with van der Waals surface area (Å²) in [5.74, 6) is -2.68. The molecule has 1 amide bonds. The Balaban J connectivity index is 1.78. The van der Waals surface area contributed by atoms with Crippen LogP contribution in [0.3, 0.4) is 0 Å². The van der Waals surface area contributed by atoms with Crippen molar-refractivity contribution in [1.82, 2.24) is 5.32 Å². The molecule has 3 rings (SSSR count). The van der Waals surface area contributed by atoms with Gasteiger partial charge in [0.25, 0.3) is 0 Å². The van der Waals surface area contributed by atoms with E-state index < -0.39 is 29.6 Å². The molecule has 0 spiro atoms. The second-order valence-electron chi connectivity index (χ2n) is 6.40. The van der Waals surface area contributed by atoms with E-state index in [2.05, 4.69) is 5.32 Å². The minimum atomic E-state index is -0.924. The molecule has 0 aliphatic heterocycles. The van der Waals surface area contributed by atoms with Crippen molar-refractivity contribution in [3.05, 3.63) is 83.4 Å². The molecular formula is C22H19F2NO3. The lowest BCUT2D eigenvalue weighted by Crippen LogP contribution is -2.43. The number of benzene rings is 3. The normalized spacial score (nSPS) is 11.8. The van der Waals surface area contributed by atoms with Crippen molar-refractivity contribution in [2.24, 2.45) is 0 Å². The number of carbonyl (C=O) groups excluding carboxylic acids is 2. The lowest BCUT2D eigenvalue weighted by molar-refractivity contribution is -0.145. The number of methoxy groups -OCH3 is 1. The van der Waals surface area contributed by atoms with Crippen molar-refractivity contribution >= 4 is 22.6 Å². The molecule has 0 aliphatic rings. The average molecular weight is 383 g/mol. The highest BCUT2D eigenvalue weighted by Crippen LogP contribution is 2.20. The van der Waals surface area contributed by atoms with Crippen molar-refractivity contribution in [3.8, 4) is 0 Å². The first-order valence-electron chi connectivity index (χ1n) is 8.75. The quantitative estimate of drug-likeness (QED) is 0.662. The number of ether oxygens (including phenoxy) is 1. The van der Waals surface area contributed by atoms with E-state index in [0.717, 1.165) is 28.5 Å². The van der Waals surface area contributed by atoms with Gasteiger partial charge in [-0.15, -0.1) is 0 Å². The fourth-order valence-electron chi connectivity index (χ4n) is 3.11. The maximum absolute atomic E-state index is 13.8. The highest BCUT2D eigenvalue weighted by Gasteiger charge is 2.23. The Bertz CT molecular complexity index is 1010. The van der Waals surface area contributed by atoms with Gasteiger partial charge in [-0.2, -0.15) is 0 Å². The van der Waals surface area contributed by atoms with Crippen molar-refractivity contribution in [3.63, 3.8) is 0 Å². The highest BCUT2D eigenvalue weighted by molar-refractivity contribution is 5.88. The largest absolute Gasteiger partial charge is 0.467 e. The van der Waals surface area contributed by atoms with Gasteiger partial charge in [0.2, 0.25) is 5.91 Å². The summed E-state index contributed by atoms with van der Waals surface area (Å²) in [5.41, 5.74) is 0.925. The van der Waals surface area contributed by atoms with Crippen LogP contribution in [0.15, 0.2) is 60.7 Å². The molecule has 0 aliphatic carbocycles. The lowest BCUT2D eigenvalue weighted by Gasteiger charge is -2.18. The Labute approximate surface area is 161 Å². The van der Waals surface area contributed by atoms with Gasteiger partial charge in [-0.3, -0.25) is 4.79 Å². The van der Waals surface area contributed by atoms with Gasteiger partial charge in [0.05, 0.1) is 13.5 Å². The van der Waals surface area contributed by atoms with Gasteiger partial charge in [-0.25, -0.2) is 13.6 Å². The Morgan fingerprint density at radius 3 is 2.50 bits per heavy atom. The smallest absolute Gasteiger partial charge is 0.328 e. The molecule has 0 heterocycles. The molecule has 0 unspecified atom stereocenters. The highest BCUT2D eigenvalue weighted by atomic mass is 19.1. The third-order valence-electron chi connectivity index (χ3n) is 4.49. The van der Waals surface area contributed by atoms with Crippen LogP contribution in [0, 0.1) is 11.6 Å². The Morgan fingerprint density at radius 1 is 1.00 bits per heavy atom. The van der Waals surface area contributed by atoms with E-state index >= 15 is 0 Å². The van der Waals surface area contributed by atoms with E-state index in [-0.39, 0.29) is 18.4 Å². The minimum Gasteiger partial charge on any atom is -0.467 e. The molecule has 3 aromatic rings. The summed E-state index contributed by atoms with van der Waals surface area (Å²) in [6.45, 7) is 0. The van der Waals surface area contributed by atoms with Crippen molar-refractivity contribution in [2.75, 3.05) is 7.11 Å². The van der Waals surface area contributed by atoms with Crippen LogP contribution in [0.4, 0.5) is 8.78 Å². The summed E-state index contributed by atoms with van der Waals surface area (Å²) < 4.78 is 31.6. The molecule has 4 nitrogen and oxygen atoms in total. The van der Waals surface area contributed by atoms with Gasteiger partial charge >= 0.3 is 5.97 Å². The van der Waals surface area contributed by atoms with Crippen LogP contribution >= 0.6 is 0 Å². The lowest BCUT2D eigenvalue weighted by atomic mass is 9.98. The Morgan fingerprint density at radius 2 is 1.75 bits per heavy atom. The van der Waals surface area contributed by atoms with Crippen LogP contribution in [-0.2, 0) is 27.2 Å². The zero-order valence-electron chi connectivity index (χ0n) is 15.2. The molecular weight excluding hydrogens is 364 g/mol. The fraction of sp³-hybridized carbons (Fsp3) is 0.182. The number of esters is 1. The molecule has 0 saturated heterocycles. The summed E-state index contributed by atoms with van der Waals surface area (Å²) in [7, 11) is 1.24. The molecule has 0 saturated carbocycles. The minimum absolute atomic E-state index is 0.0488. The van der Waals surface area contributed by atoms with E-state index in [0.29, 0.717) is 0 Å². The number of fused-ring (bicyclic) bond motifs is 1. The molecule has 28 heavy (non-hydrogen) atoms. The zero-order chi connectivity index (χ0) is 20.1. The second-order valence-corrected chi connectivity index (χ2v) is 6.40. The summed E-state index contributed by atoms with van der Waals surface area (Å²) in [6.07, 6.45) is -0.0825. The number of halogens is 2. The first-order chi connectivity index (χ1) is 13.5. The summed E-state index contributed by atoms with van der Waals surface area (Å²) in [4.78, 5) is 24.5. The summed E-state index contributed by atoms with van der Waals surface area (Å²) >= 11 is 0. The van der Waals surface area contributed by atoms with Crippen LogP contribution in [0.5, 0.6) is 0 Å². The second kappa shape index (κ2) is 8.61. The number of carbonyl (C=O) groups is 2. The van der Waals surface area contributed by atoms with Crippen molar-refractivity contribution in [2.45, 2.75) is 18.9 Å². The van der Waals surface area contributed by atoms with E-state index in [4.69, 9.17) is 4.74 Å². The SMILES string of the molecule is COC(=O)[C@@H](Cc1cccc2ccccc12)NC(=O)Cc1ccc(F)cc1F. The third-order valence-corrected chi connectivity index (χ3v) is 4.49. The average Bonchev–Trinajstić information content (AvgIpc) is 2.69. The fourth-order valence-corrected chi connectivity index (χ4v) is 3.11. The zero-order valence-corrected chi connectivity index (χ0v) is 15.2. The summed E-state index contributed by atoms with van der Waals surface area (Å²) in [5, 5.41) is 4.58. The topological polar surface area (TPSA) is 55.4 Å². The molecule has 0 radical (unpaired) electrons. The van der Waals surface area contributed by atoms with E-state index in [1.165, 1.54) is 13.2 Å². The standard InChI is InChI=1S/C22H19F2NO3/c1-28-22(27)20(11-15-7-4-6-14-5-2-3-8-18(14)15)25-21(26)12-16-9-10-17(23)13-19(16)24/h2-10,13,20H,11-12H2,1H3,(H,25,26)/t20-/m1/s1.